The van der Waals surface area contributed by atoms with Crippen LogP contribution in [0.5, 0.6) is 0 Å². The molecule has 1 aromatic heterocycles. The third kappa shape index (κ3) is 1.45. The largest absolute Gasteiger partial charge is 0.273 e. The topological polar surface area (TPSA) is 78.0 Å². The number of rotatable bonds is 1. The molecule has 0 fully saturated rings. The van der Waals surface area contributed by atoms with E-state index in [4.69, 9.17) is 0 Å². The van der Waals surface area contributed by atoms with Crippen molar-refractivity contribution in [2.24, 2.45) is 0 Å². The molecule has 0 aliphatic heterocycles. The van der Waals surface area contributed by atoms with Gasteiger partial charge in [0.25, 0.3) is 5.69 Å². The maximum absolute atomic E-state index is 11.1. The highest BCUT2D eigenvalue weighted by atomic mass is 16.6. The molecule has 0 aliphatic carbocycles. The predicted octanol–water partition coefficient (Wildman–Crippen LogP) is 1.60. The Morgan fingerprint density at radius 2 is 2.27 bits per heavy atom. The molecule has 6 heteroatoms. The van der Waals surface area contributed by atoms with Crippen LogP contribution in [0.3, 0.4) is 0 Å². The van der Waals surface area contributed by atoms with Gasteiger partial charge in [0.15, 0.2) is 0 Å². The second-order valence-electron chi connectivity index (χ2n) is 3.08. The predicted molar refractivity (Wildman–Crippen MR) is 52.7 cm³/mol. The summed E-state index contributed by atoms with van der Waals surface area (Å²) in [7, 11) is 0. The van der Waals surface area contributed by atoms with E-state index < -0.39 is 4.92 Å². The highest BCUT2D eigenvalue weighted by Gasteiger charge is 2.11. The van der Waals surface area contributed by atoms with Gasteiger partial charge in [-0.15, -0.1) is 0 Å². The summed E-state index contributed by atoms with van der Waals surface area (Å²) in [5.74, 6) is -0.273. The van der Waals surface area contributed by atoms with E-state index >= 15 is 0 Å². The zero-order chi connectivity index (χ0) is 11.0. The number of nitrogens with zero attached hydrogens (tertiary/aromatic N) is 3. The van der Waals surface area contributed by atoms with E-state index in [1.165, 1.54) is 25.3 Å². The Bertz CT molecular complexity index is 559. The zero-order valence-corrected chi connectivity index (χ0v) is 7.88. The summed E-state index contributed by atoms with van der Waals surface area (Å²) in [5.41, 5.74) is 0.405. The molecule has 76 valence electrons. The Hall–Kier alpha value is -2.24. The maximum atomic E-state index is 11.1. The first-order valence-electron chi connectivity index (χ1n) is 4.23. The summed E-state index contributed by atoms with van der Waals surface area (Å²) in [5, 5.41) is 15.1. The Balaban J connectivity index is 2.72. The number of hydrogen-bond acceptors (Lipinski definition) is 4. The molecule has 0 spiro atoms. The molecule has 0 radical (unpaired) electrons. The molecule has 0 aliphatic rings. The monoisotopic (exact) mass is 205 g/mol. The Labute approximate surface area is 84.3 Å². The molecular weight excluding hydrogens is 198 g/mol. The normalized spacial score (nSPS) is 10.5. The van der Waals surface area contributed by atoms with Gasteiger partial charge in [0.1, 0.15) is 0 Å². The van der Waals surface area contributed by atoms with E-state index in [2.05, 4.69) is 5.10 Å². The Morgan fingerprint density at radius 3 is 2.87 bits per heavy atom. The molecule has 0 bridgehead atoms. The van der Waals surface area contributed by atoms with Crippen LogP contribution in [0.15, 0.2) is 24.4 Å². The number of nitro groups is 1. The molecule has 0 atom stereocenters. The van der Waals surface area contributed by atoms with Gasteiger partial charge >= 0.3 is 0 Å². The molecule has 0 saturated heterocycles. The molecular formula is C9H7N3O3. The molecule has 15 heavy (non-hydrogen) atoms. The first-order chi connectivity index (χ1) is 7.09. The fraction of sp³-hybridized carbons (Fsp3) is 0.111. The third-order valence-corrected chi connectivity index (χ3v) is 2.06. The summed E-state index contributed by atoms with van der Waals surface area (Å²) < 4.78 is 1.14. The van der Waals surface area contributed by atoms with Crippen LogP contribution >= 0.6 is 0 Å². The van der Waals surface area contributed by atoms with Crippen LogP contribution in [-0.2, 0) is 0 Å². The lowest BCUT2D eigenvalue weighted by Crippen LogP contribution is -2.06. The van der Waals surface area contributed by atoms with Gasteiger partial charge in [-0.05, 0) is 6.07 Å². The number of carbonyl (C=O) groups is 1. The van der Waals surface area contributed by atoms with Crippen molar-refractivity contribution in [2.75, 3.05) is 0 Å². The number of aromatic nitrogens is 2. The van der Waals surface area contributed by atoms with Crippen LogP contribution in [0.2, 0.25) is 0 Å². The first-order valence-corrected chi connectivity index (χ1v) is 4.23. The fourth-order valence-electron chi connectivity index (χ4n) is 1.37. The van der Waals surface area contributed by atoms with E-state index in [1.807, 2.05) is 0 Å². The fourth-order valence-corrected chi connectivity index (χ4v) is 1.37. The summed E-state index contributed by atoms with van der Waals surface area (Å²) in [6, 6.07) is 4.29. The van der Waals surface area contributed by atoms with Crippen LogP contribution in [-0.4, -0.2) is 20.6 Å². The van der Waals surface area contributed by atoms with Crippen LogP contribution in [0.1, 0.15) is 11.7 Å². The van der Waals surface area contributed by atoms with Gasteiger partial charge < -0.3 is 0 Å². The quantitative estimate of drug-likeness (QED) is 0.523. The number of fused-ring (bicyclic) bond motifs is 1. The molecule has 0 unspecified atom stereocenters. The molecule has 0 saturated carbocycles. The van der Waals surface area contributed by atoms with Crippen molar-refractivity contribution in [1.29, 1.82) is 0 Å². The number of hydrogen-bond donors (Lipinski definition) is 0. The summed E-state index contributed by atoms with van der Waals surface area (Å²) >= 11 is 0. The first kappa shape index (κ1) is 9.32. The number of nitro benzene ring substituents is 1. The maximum Gasteiger partial charge on any atom is 0.271 e. The molecule has 0 amide bonds. The van der Waals surface area contributed by atoms with E-state index in [9.17, 15) is 14.9 Å². The molecule has 1 aromatic carbocycles. The van der Waals surface area contributed by atoms with Crippen molar-refractivity contribution in [3.05, 3.63) is 34.5 Å². The summed E-state index contributed by atoms with van der Waals surface area (Å²) in [6.07, 6.45) is 1.50. The molecule has 2 aromatic rings. The highest BCUT2D eigenvalue weighted by molar-refractivity contribution is 5.90. The van der Waals surface area contributed by atoms with Gasteiger partial charge in [0, 0.05) is 24.4 Å². The SMILES string of the molecule is CC(=O)n1ncc2ccc([N+](=O)[O-])cc21. The lowest BCUT2D eigenvalue weighted by atomic mass is 10.2. The van der Waals surface area contributed by atoms with Crippen molar-refractivity contribution >= 4 is 22.5 Å². The van der Waals surface area contributed by atoms with Crippen molar-refractivity contribution in [1.82, 2.24) is 9.78 Å². The second kappa shape index (κ2) is 3.16. The zero-order valence-electron chi connectivity index (χ0n) is 7.88. The van der Waals surface area contributed by atoms with Crippen LogP contribution in [0.25, 0.3) is 10.9 Å². The number of non-ortho nitro benzene ring substituents is 1. The van der Waals surface area contributed by atoms with Crippen LogP contribution < -0.4 is 0 Å². The minimum Gasteiger partial charge on any atom is -0.273 e. The Morgan fingerprint density at radius 1 is 1.53 bits per heavy atom. The minimum atomic E-state index is -0.503. The van der Waals surface area contributed by atoms with Crippen molar-refractivity contribution < 1.29 is 9.72 Å². The Kier molecular flexibility index (Phi) is 1.96. The van der Waals surface area contributed by atoms with E-state index in [1.54, 1.807) is 6.07 Å². The van der Waals surface area contributed by atoms with Crippen LogP contribution in [0.4, 0.5) is 5.69 Å². The van der Waals surface area contributed by atoms with Gasteiger partial charge in [-0.2, -0.15) is 5.10 Å². The van der Waals surface area contributed by atoms with Gasteiger partial charge in [0.05, 0.1) is 16.6 Å². The average molecular weight is 205 g/mol. The number of carbonyl (C=O) groups excluding carboxylic acids is 1. The van der Waals surface area contributed by atoms with Gasteiger partial charge in [0.2, 0.25) is 5.91 Å². The van der Waals surface area contributed by atoms with Crippen molar-refractivity contribution in [3.8, 4) is 0 Å². The lowest BCUT2D eigenvalue weighted by molar-refractivity contribution is -0.384. The van der Waals surface area contributed by atoms with E-state index in [0.29, 0.717) is 10.9 Å². The van der Waals surface area contributed by atoms with Crippen molar-refractivity contribution in [2.45, 2.75) is 6.92 Å². The third-order valence-electron chi connectivity index (χ3n) is 2.06. The summed E-state index contributed by atoms with van der Waals surface area (Å²) in [6.45, 7) is 1.35. The standard InChI is InChI=1S/C9H7N3O3/c1-6(13)11-9-4-8(12(14)15)3-2-7(9)5-10-11/h2-5H,1H3. The summed E-state index contributed by atoms with van der Waals surface area (Å²) in [4.78, 5) is 21.2. The van der Waals surface area contributed by atoms with Crippen LogP contribution in [0, 0.1) is 10.1 Å². The average Bonchev–Trinajstić information content (AvgIpc) is 2.59. The smallest absolute Gasteiger partial charge is 0.271 e. The lowest BCUT2D eigenvalue weighted by Gasteiger charge is -1.96. The van der Waals surface area contributed by atoms with Gasteiger partial charge in [-0.3, -0.25) is 14.9 Å². The highest BCUT2D eigenvalue weighted by Crippen LogP contribution is 2.20. The van der Waals surface area contributed by atoms with Crippen molar-refractivity contribution in [3.63, 3.8) is 0 Å². The van der Waals surface area contributed by atoms with E-state index in [0.717, 1.165) is 4.68 Å². The second-order valence-corrected chi connectivity index (χ2v) is 3.08. The van der Waals surface area contributed by atoms with E-state index in [-0.39, 0.29) is 11.6 Å². The molecule has 1 heterocycles. The molecule has 2 rings (SSSR count). The minimum absolute atomic E-state index is 0.0505. The number of benzene rings is 1. The van der Waals surface area contributed by atoms with Gasteiger partial charge in [-0.25, -0.2) is 4.68 Å². The molecule has 6 nitrogen and oxygen atoms in total. The molecule has 0 N–H and O–H groups in total. The van der Waals surface area contributed by atoms with Gasteiger partial charge in [-0.1, -0.05) is 0 Å².